The van der Waals surface area contributed by atoms with Crippen LogP contribution in [0.4, 0.5) is 11.4 Å². The van der Waals surface area contributed by atoms with Crippen molar-refractivity contribution in [1.29, 1.82) is 0 Å². The number of benzene rings is 3. The molecule has 11 heteroatoms. The van der Waals surface area contributed by atoms with Crippen LogP contribution >= 0.6 is 50.9 Å². The Bertz CT molecular complexity index is 1810. The van der Waals surface area contributed by atoms with Crippen LogP contribution in [0.3, 0.4) is 0 Å². The van der Waals surface area contributed by atoms with Crippen molar-refractivity contribution in [3.8, 4) is 11.3 Å². The Morgan fingerprint density at radius 2 is 1.95 bits per heavy atom. The second kappa shape index (κ2) is 11.1. The van der Waals surface area contributed by atoms with Gasteiger partial charge in [0, 0.05) is 44.1 Å². The van der Waals surface area contributed by atoms with Gasteiger partial charge >= 0.3 is 0 Å². The Morgan fingerprint density at radius 1 is 1.11 bits per heavy atom. The minimum atomic E-state index is -0.500. The molecule has 0 atom stereocenters. The summed E-state index contributed by atoms with van der Waals surface area (Å²) in [6.45, 7) is 7.54. The number of rotatable bonds is 6. The lowest BCUT2D eigenvalue weighted by atomic mass is 10.1. The molecule has 0 spiro atoms. The number of thioether (sulfide) groups is 1. The number of nitrogens with one attached hydrogen (secondary N) is 3. The number of nitrogens with zero attached hydrogens (tertiary/aromatic N) is 2. The minimum absolute atomic E-state index is 0.0674. The van der Waals surface area contributed by atoms with Gasteiger partial charge in [-0.1, -0.05) is 63.0 Å². The summed E-state index contributed by atoms with van der Waals surface area (Å²) in [7, 11) is 0. The first-order valence-corrected chi connectivity index (χ1v) is 13.6. The predicted molar refractivity (Wildman–Crippen MR) is 157 cm³/mol. The van der Waals surface area contributed by atoms with Gasteiger partial charge in [-0.15, -0.1) is 0 Å². The molecule has 2 aromatic heterocycles. The van der Waals surface area contributed by atoms with Crippen LogP contribution in [0.15, 0.2) is 81.3 Å². The number of amides is 1. The molecule has 5 rings (SSSR count). The lowest BCUT2D eigenvalue weighted by molar-refractivity contribution is 0.102. The molecule has 0 radical (unpaired) electrons. The summed E-state index contributed by atoms with van der Waals surface area (Å²) in [4.78, 5) is 39.3. The largest absolute Gasteiger partial charge is 0.361 e. The Balaban J connectivity index is 1.37. The van der Waals surface area contributed by atoms with Crippen LogP contribution in [0.1, 0.15) is 15.9 Å². The van der Waals surface area contributed by atoms with E-state index in [2.05, 4.69) is 41.0 Å². The number of halogens is 3. The monoisotopic (exact) mass is 623 g/mol. The molecule has 2 heterocycles. The van der Waals surface area contributed by atoms with E-state index in [0.29, 0.717) is 43.5 Å². The van der Waals surface area contributed by atoms with E-state index in [4.69, 9.17) is 29.8 Å². The fourth-order valence-corrected chi connectivity index (χ4v) is 5.29. The number of hydrogen-bond acceptors (Lipinski definition) is 4. The normalized spacial score (nSPS) is 10.9. The molecular weight excluding hydrogens is 609 g/mol. The molecule has 0 saturated heterocycles. The maximum atomic E-state index is 12.7. The molecule has 0 aliphatic heterocycles. The number of carbonyl (C=O) groups is 1. The molecule has 0 saturated carbocycles. The number of H-pyrrole nitrogens is 2. The predicted octanol–water partition coefficient (Wildman–Crippen LogP) is 8.08. The summed E-state index contributed by atoms with van der Waals surface area (Å²) in [6.07, 6.45) is 1.75. The summed E-state index contributed by atoms with van der Waals surface area (Å²) in [5.74, 6) is 0.152. The number of anilines is 1. The van der Waals surface area contributed by atoms with Crippen LogP contribution in [-0.2, 0) is 5.75 Å². The van der Waals surface area contributed by atoms with Crippen LogP contribution < -0.4 is 10.9 Å². The first-order valence-electron chi connectivity index (χ1n) is 11.1. The van der Waals surface area contributed by atoms with Crippen molar-refractivity contribution in [1.82, 2.24) is 15.0 Å². The average molecular weight is 625 g/mol. The van der Waals surface area contributed by atoms with Gasteiger partial charge in [-0.2, -0.15) is 0 Å². The standard InChI is InChI=1S/C27H16BrCl2N5O2S/c1-31-24-23(19-12-32-22-8-6-16(28)11-18(19)22)34-27(35-26(24)37)38-13-14-3-2-4-17(9-14)33-25(36)15-5-7-20(29)21(30)10-15/h2-12,32H,13H2,(H,33,36)(H,34,35,37). The van der Waals surface area contributed by atoms with Crippen LogP contribution in [0.25, 0.3) is 27.0 Å². The molecule has 7 nitrogen and oxygen atoms in total. The SMILES string of the molecule is [C-]#[N+]c1c(-c2c[nH]c3ccc(Br)cc23)nc(SCc2cccc(NC(=O)c3ccc(Cl)c(Cl)c3)c2)[nH]c1=O. The quantitative estimate of drug-likeness (QED) is 0.101. The summed E-state index contributed by atoms with van der Waals surface area (Å²) in [5, 5.41) is 4.76. The van der Waals surface area contributed by atoms with Gasteiger partial charge in [-0.25, -0.2) is 9.83 Å². The van der Waals surface area contributed by atoms with Crippen molar-refractivity contribution < 1.29 is 4.79 Å². The maximum absolute atomic E-state index is 12.7. The van der Waals surface area contributed by atoms with Gasteiger partial charge in [0.1, 0.15) is 0 Å². The third-order valence-electron chi connectivity index (χ3n) is 5.63. The molecule has 38 heavy (non-hydrogen) atoms. The molecule has 0 bridgehead atoms. The highest BCUT2D eigenvalue weighted by molar-refractivity contribution is 9.10. The Labute approximate surface area is 239 Å². The molecular formula is C27H16BrCl2N5O2S. The third-order valence-corrected chi connectivity index (χ3v) is 7.80. The van der Waals surface area contributed by atoms with Gasteiger partial charge in [0.05, 0.1) is 22.3 Å². The van der Waals surface area contributed by atoms with Gasteiger partial charge in [0.2, 0.25) is 0 Å². The zero-order chi connectivity index (χ0) is 26.8. The van der Waals surface area contributed by atoms with Crippen molar-refractivity contribution in [2.75, 3.05) is 5.32 Å². The highest BCUT2D eigenvalue weighted by atomic mass is 79.9. The fraction of sp³-hybridized carbons (Fsp3) is 0.0370. The maximum Gasteiger partial charge on any atom is 0.276 e. The van der Waals surface area contributed by atoms with Gasteiger partial charge in [-0.05, 0) is 54.1 Å². The van der Waals surface area contributed by atoms with Crippen molar-refractivity contribution in [3.05, 3.63) is 114 Å². The summed E-state index contributed by atoms with van der Waals surface area (Å²) >= 11 is 16.8. The van der Waals surface area contributed by atoms with E-state index in [9.17, 15) is 9.59 Å². The highest BCUT2D eigenvalue weighted by Gasteiger charge is 2.18. The van der Waals surface area contributed by atoms with Gasteiger partial charge in [0.15, 0.2) is 5.16 Å². The summed E-state index contributed by atoms with van der Waals surface area (Å²) in [6, 6.07) is 17.8. The highest BCUT2D eigenvalue weighted by Crippen LogP contribution is 2.34. The van der Waals surface area contributed by atoms with E-state index in [-0.39, 0.29) is 11.6 Å². The third kappa shape index (κ3) is 5.49. The van der Waals surface area contributed by atoms with Crippen molar-refractivity contribution in [2.24, 2.45) is 0 Å². The molecule has 3 N–H and O–H groups in total. The number of aromatic amines is 2. The summed E-state index contributed by atoms with van der Waals surface area (Å²) in [5.41, 5.74) is 3.19. The first kappa shape index (κ1) is 26.1. The second-order valence-corrected chi connectivity index (χ2v) is 10.8. The van der Waals surface area contributed by atoms with Gasteiger partial charge in [-0.3, -0.25) is 9.59 Å². The van der Waals surface area contributed by atoms with E-state index in [0.717, 1.165) is 20.9 Å². The number of carbonyl (C=O) groups excluding carboxylic acids is 1. The van der Waals surface area contributed by atoms with E-state index < -0.39 is 5.56 Å². The van der Waals surface area contributed by atoms with Crippen molar-refractivity contribution in [2.45, 2.75) is 10.9 Å². The average Bonchev–Trinajstić information content (AvgIpc) is 3.31. The van der Waals surface area contributed by atoms with E-state index in [1.54, 1.807) is 24.4 Å². The Morgan fingerprint density at radius 3 is 2.74 bits per heavy atom. The van der Waals surface area contributed by atoms with Crippen LogP contribution in [0, 0.1) is 6.57 Å². The van der Waals surface area contributed by atoms with E-state index >= 15 is 0 Å². The molecule has 1 amide bonds. The minimum Gasteiger partial charge on any atom is -0.361 e. The van der Waals surface area contributed by atoms with E-state index in [1.165, 1.54) is 17.8 Å². The van der Waals surface area contributed by atoms with Crippen LogP contribution in [-0.4, -0.2) is 20.9 Å². The zero-order valence-electron chi connectivity index (χ0n) is 19.3. The first-order chi connectivity index (χ1) is 18.3. The Kier molecular flexibility index (Phi) is 7.58. The molecule has 0 aliphatic rings. The topological polar surface area (TPSA) is 95.0 Å². The summed E-state index contributed by atoms with van der Waals surface area (Å²) < 4.78 is 0.876. The molecule has 3 aromatic carbocycles. The number of hydrogen-bond donors (Lipinski definition) is 3. The smallest absolute Gasteiger partial charge is 0.276 e. The molecule has 188 valence electrons. The Hall–Kier alpha value is -3.55. The lowest BCUT2D eigenvalue weighted by Crippen LogP contribution is -2.12. The molecule has 0 unspecified atom stereocenters. The number of fused-ring (bicyclic) bond motifs is 1. The number of aromatic nitrogens is 3. The molecule has 5 aromatic rings. The molecule has 0 aliphatic carbocycles. The van der Waals surface area contributed by atoms with Gasteiger partial charge in [0.25, 0.3) is 17.2 Å². The van der Waals surface area contributed by atoms with E-state index in [1.807, 2.05) is 36.4 Å². The second-order valence-electron chi connectivity index (χ2n) is 8.14. The fourth-order valence-electron chi connectivity index (χ4n) is 3.83. The molecule has 0 fully saturated rings. The van der Waals surface area contributed by atoms with Gasteiger partial charge < -0.3 is 15.3 Å². The van der Waals surface area contributed by atoms with Crippen LogP contribution in [0.5, 0.6) is 0 Å². The van der Waals surface area contributed by atoms with Crippen molar-refractivity contribution >= 4 is 79.1 Å². The lowest BCUT2D eigenvalue weighted by Gasteiger charge is -2.09. The van der Waals surface area contributed by atoms with Crippen molar-refractivity contribution in [3.63, 3.8) is 0 Å². The van der Waals surface area contributed by atoms with Crippen LogP contribution in [0.2, 0.25) is 10.0 Å². The zero-order valence-corrected chi connectivity index (χ0v) is 23.2.